The van der Waals surface area contributed by atoms with E-state index in [1.165, 1.54) is 16.9 Å². The second-order valence-corrected chi connectivity index (χ2v) is 5.46. The zero-order chi connectivity index (χ0) is 13.8. The van der Waals surface area contributed by atoms with E-state index in [1.54, 1.807) is 12.3 Å². The third-order valence-corrected chi connectivity index (χ3v) is 3.85. The monoisotopic (exact) mass is 280 g/mol. The van der Waals surface area contributed by atoms with Gasteiger partial charge in [0.25, 0.3) is 5.56 Å². The lowest BCUT2D eigenvalue weighted by Gasteiger charge is -2.03. The first kappa shape index (κ1) is 12.7. The topological polar surface area (TPSA) is 42.9 Å². The number of hydrogen-bond donors (Lipinski definition) is 0. The molecule has 0 aliphatic carbocycles. The van der Waals surface area contributed by atoms with Crippen molar-refractivity contribution in [3.8, 4) is 10.7 Å². The average molecular weight is 280 g/mol. The minimum absolute atomic E-state index is 0.213. The maximum absolute atomic E-state index is 11.7. The van der Waals surface area contributed by atoms with E-state index >= 15 is 0 Å². The van der Waals surface area contributed by atoms with E-state index in [1.807, 2.05) is 36.4 Å². The predicted octanol–water partition coefficient (Wildman–Crippen LogP) is 3.16. The quantitative estimate of drug-likeness (QED) is 0.740. The fraction of sp³-hybridized carbons (Fsp3) is 0.0625. The van der Waals surface area contributed by atoms with Gasteiger partial charge in [-0.05, 0) is 17.7 Å². The molecule has 0 aliphatic heterocycles. The highest BCUT2D eigenvalue weighted by molar-refractivity contribution is 7.14. The molecule has 3 aromatic rings. The van der Waals surface area contributed by atoms with E-state index in [0.717, 1.165) is 17.0 Å². The van der Waals surface area contributed by atoms with E-state index in [4.69, 9.17) is 0 Å². The Kier molecular flexibility index (Phi) is 3.65. The SMILES string of the molecule is O=c1cc(Cc2ccccc2)sc(-c2ccccn2)n1. The van der Waals surface area contributed by atoms with E-state index in [9.17, 15) is 4.79 Å². The number of rotatable bonds is 3. The summed E-state index contributed by atoms with van der Waals surface area (Å²) in [6.07, 6.45) is 2.45. The van der Waals surface area contributed by atoms with E-state index in [-0.39, 0.29) is 5.56 Å². The molecule has 3 rings (SSSR count). The Morgan fingerprint density at radius 1 is 1.00 bits per heavy atom. The van der Waals surface area contributed by atoms with Gasteiger partial charge >= 0.3 is 0 Å². The predicted molar refractivity (Wildman–Crippen MR) is 80.9 cm³/mol. The first-order valence-electron chi connectivity index (χ1n) is 6.28. The smallest absolute Gasteiger partial charge is 0.267 e. The summed E-state index contributed by atoms with van der Waals surface area (Å²) >= 11 is 1.51. The van der Waals surface area contributed by atoms with Gasteiger partial charge in [-0.2, -0.15) is 4.98 Å². The van der Waals surface area contributed by atoms with Crippen molar-refractivity contribution in [3.05, 3.63) is 81.6 Å². The highest BCUT2D eigenvalue weighted by Crippen LogP contribution is 2.21. The Balaban J connectivity index is 1.97. The van der Waals surface area contributed by atoms with Crippen LogP contribution in [-0.2, 0) is 6.42 Å². The summed E-state index contributed by atoms with van der Waals surface area (Å²) < 4.78 is 0. The average Bonchev–Trinajstić information content (AvgIpc) is 2.49. The van der Waals surface area contributed by atoms with Crippen molar-refractivity contribution in [3.63, 3.8) is 0 Å². The van der Waals surface area contributed by atoms with Crippen molar-refractivity contribution in [2.24, 2.45) is 0 Å². The fourth-order valence-corrected chi connectivity index (χ4v) is 2.94. The fourth-order valence-electron chi connectivity index (χ4n) is 1.93. The molecule has 0 atom stereocenters. The van der Waals surface area contributed by atoms with Crippen LogP contribution in [0.2, 0.25) is 0 Å². The molecule has 4 heteroatoms. The molecule has 0 bridgehead atoms. The molecule has 0 spiro atoms. The molecule has 3 nitrogen and oxygen atoms in total. The molecule has 0 N–H and O–H groups in total. The summed E-state index contributed by atoms with van der Waals surface area (Å²) in [5.74, 6) is 0. The van der Waals surface area contributed by atoms with Crippen molar-refractivity contribution in [2.75, 3.05) is 0 Å². The molecule has 0 saturated heterocycles. The number of hydrogen-bond acceptors (Lipinski definition) is 4. The summed E-state index contributed by atoms with van der Waals surface area (Å²) in [6, 6.07) is 17.3. The summed E-state index contributed by atoms with van der Waals surface area (Å²) in [6.45, 7) is 0. The normalized spacial score (nSPS) is 10.4. The van der Waals surface area contributed by atoms with Gasteiger partial charge in [0, 0.05) is 23.6 Å². The van der Waals surface area contributed by atoms with Gasteiger partial charge in [-0.3, -0.25) is 9.78 Å². The largest absolute Gasteiger partial charge is 0.272 e. The molecule has 20 heavy (non-hydrogen) atoms. The molecular weight excluding hydrogens is 268 g/mol. The van der Waals surface area contributed by atoms with Crippen molar-refractivity contribution < 1.29 is 0 Å². The Bertz CT molecular complexity index is 754. The van der Waals surface area contributed by atoms with Crippen LogP contribution in [0.25, 0.3) is 10.7 Å². The van der Waals surface area contributed by atoms with Crippen LogP contribution >= 0.6 is 11.3 Å². The first-order chi connectivity index (χ1) is 9.81. The van der Waals surface area contributed by atoms with Crippen LogP contribution in [0.1, 0.15) is 10.4 Å². The number of benzene rings is 1. The van der Waals surface area contributed by atoms with Crippen LogP contribution in [0.4, 0.5) is 0 Å². The highest BCUT2D eigenvalue weighted by Gasteiger charge is 2.06. The standard InChI is InChI=1S/C16H12N2OS/c19-15-11-13(10-12-6-2-1-3-7-12)20-16(18-15)14-8-4-5-9-17-14/h1-9,11H,10H2. The molecule has 98 valence electrons. The Hall–Kier alpha value is -2.33. The van der Waals surface area contributed by atoms with Crippen LogP contribution < -0.4 is 5.56 Å². The van der Waals surface area contributed by atoms with E-state index in [0.29, 0.717) is 5.01 Å². The molecule has 2 aromatic heterocycles. The van der Waals surface area contributed by atoms with Crippen LogP contribution in [0.15, 0.2) is 65.6 Å². The summed E-state index contributed by atoms with van der Waals surface area (Å²) in [5, 5.41) is 0.670. The maximum atomic E-state index is 11.7. The van der Waals surface area contributed by atoms with Gasteiger partial charge in [-0.15, -0.1) is 11.3 Å². The Morgan fingerprint density at radius 3 is 2.55 bits per heavy atom. The zero-order valence-corrected chi connectivity index (χ0v) is 11.5. The lowest BCUT2D eigenvalue weighted by atomic mass is 10.1. The molecule has 0 amide bonds. The highest BCUT2D eigenvalue weighted by atomic mass is 32.1. The second-order valence-electron chi connectivity index (χ2n) is 4.35. The van der Waals surface area contributed by atoms with Crippen LogP contribution in [0.5, 0.6) is 0 Å². The molecule has 0 radical (unpaired) electrons. The number of nitrogens with zero attached hydrogens (tertiary/aromatic N) is 2. The molecule has 0 fully saturated rings. The van der Waals surface area contributed by atoms with Crippen LogP contribution in [0, 0.1) is 0 Å². The minimum Gasteiger partial charge on any atom is -0.267 e. The summed E-state index contributed by atoms with van der Waals surface area (Å²) in [4.78, 5) is 21.0. The molecule has 0 unspecified atom stereocenters. The van der Waals surface area contributed by atoms with Gasteiger partial charge < -0.3 is 0 Å². The molecule has 2 heterocycles. The van der Waals surface area contributed by atoms with Crippen molar-refractivity contribution in [1.29, 1.82) is 0 Å². The third-order valence-electron chi connectivity index (χ3n) is 2.83. The van der Waals surface area contributed by atoms with Crippen LogP contribution in [0.3, 0.4) is 0 Å². The molecule has 0 aliphatic rings. The first-order valence-corrected chi connectivity index (χ1v) is 7.09. The Morgan fingerprint density at radius 2 is 1.80 bits per heavy atom. The zero-order valence-electron chi connectivity index (χ0n) is 10.7. The number of pyridine rings is 1. The van der Waals surface area contributed by atoms with Gasteiger partial charge in [0.2, 0.25) is 0 Å². The maximum Gasteiger partial charge on any atom is 0.272 e. The lowest BCUT2D eigenvalue weighted by molar-refractivity contribution is 1.18. The lowest BCUT2D eigenvalue weighted by Crippen LogP contribution is -2.06. The van der Waals surface area contributed by atoms with Gasteiger partial charge in [0.15, 0.2) is 0 Å². The van der Waals surface area contributed by atoms with Crippen molar-refractivity contribution >= 4 is 11.3 Å². The van der Waals surface area contributed by atoms with Crippen molar-refractivity contribution in [2.45, 2.75) is 6.42 Å². The number of aromatic nitrogens is 2. The van der Waals surface area contributed by atoms with Gasteiger partial charge in [0.05, 0.1) is 5.69 Å². The van der Waals surface area contributed by atoms with Gasteiger partial charge in [-0.25, -0.2) is 0 Å². The van der Waals surface area contributed by atoms with Gasteiger partial charge in [-0.1, -0.05) is 36.4 Å². The molecule has 0 saturated carbocycles. The molecule has 1 aromatic carbocycles. The van der Waals surface area contributed by atoms with Gasteiger partial charge in [0.1, 0.15) is 5.01 Å². The van der Waals surface area contributed by atoms with E-state index in [2.05, 4.69) is 22.1 Å². The summed E-state index contributed by atoms with van der Waals surface area (Å²) in [5.41, 5.74) is 1.71. The van der Waals surface area contributed by atoms with Crippen molar-refractivity contribution in [1.82, 2.24) is 9.97 Å². The minimum atomic E-state index is -0.213. The summed E-state index contributed by atoms with van der Waals surface area (Å²) in [7, 11) is 0. The third kappa shape index (κ3) is 2.97. The Labute approximate surface area is 120 Å². The van der Waals surface area contributed by atoms with Crippen LogP contribution in [-0.4, -0.2) is 9.97 Å². The van der Waals surface area contributed by atoms with E-state index < -0.39 is 0 Å². The molecular formula is C16H12N2OS. The second kappa shape index (κ2) is 5.75.